The van der Waals surface area contributed by atoms with Gasteiger partial charge in [0.15, 0.2) is 0 Å². The Hall–Kier alpha value is -0.0800. The van der Waals surface area contributed by atoms with Crippen LogP contribution in [-0.4, -0.2) is 10.9 Å². The molecule has 0 saturated heterocycles. The number of hydrogen-bond acceptors (Lipinski definition) is 2. The molecule has 1 aliphatic carbocycles. The lowest BCUT2D eigenvalue weighted by atomic mass is 10.0. The molecule has 0 radical (unpaired) electrons. The van der Waals surface area contributed by atoms with E-state index in [0.717, 1.165) is 30.6 Å². The molecule has 1 nitrogen and oxygen atoms in total. The van der Waals surface area contributed by atoms with Crippen LogP contribution in [0.4, 0.5) is 0 Å². The second kappa shape index (κ2) is 6.02. The third kappa shape index (κ3) is 2.98. The fraction of sp³-hybridized carbons (Fsp3) is 0.769. The molecule has 1 fully saturated rings. The van der Waals surface area contributed by atoms with Gasteiger partial charge >= 0.3 is 0 Å². The van der Waals surface area contributed by atoms with Gasteiger partial charge in [-0.15, -0.1) is 22.9 Å². The van der Waals surface area contributed by atoms with E-state index in [9.17, 15) is 0 Å². The van der Waals surface area contributed by atoms with Crippen LogP contribution in [0.15, 0.2) is 5.38 Å². The molecule has 0 spiro atoms. The molecule has 1 aliphatic rings. The van der Waals surface area contributed by atoms with Crippen molar-refractivity contribution < 1.29 is 0 Å². The summed E-state index contributed by atoms with van der Waals surface area (Å²) in [6.45, 7) is 2.31. The average molecular weight is 258 g/mol. The number of aromatic nitrogens is 1. The second-order valence-corrected chi connectivity index (χ2v) is 6.02. The minimum Gasteiger partial charge on any atom is -0.246 e. The van der Waals surface area contributed by atoms with Gasteiger partial charge in [0.2, 0.25) is 0 Å². The summed E-state index contributed by atoms with van der Waals surface area (Å²) in [5.41, 5.74) is 1.25. The monoisotopic (exact) mass is 257 g/mol. The van der Waals surface area contributed by atoms with Crippen LogP contribution in [0.3, 0.4) is 0 Å². The first-order valence-electron chi connectivity index (χ1n) is 6.33. The molecule has 2 rings (SSSR count). The Morgan fingerprint density at radius 2 is 2.38 bits per heavy atom. The summed E-state index contributed by atoms with van der Waals surface area (Å²) >= 11 is 7.55. The largest absolute Gasteiger partial charge is 0.246 e. The zero-order chi connectivity index (χ0) is 11.4. The lowest BCUT2D eigenvalue weighted by Gasteiger charge is -2.06. The fourth-order valence-corrected chi connectivity index (χ4v) is 3.68. The van der Waals surface area contributed by atoms with Crippen molar-refractivity contribution in [2.24, 2.45) is 5.92 Å². The molecule has 0 N–H and O–H groups in total. The van der Waals surface area contributed by atoms with E-state index in [2.05, 4.69) is 12.3 Å². The molecule has 0 aromatic carbocycles. The van der Waals surface area contributed by atoms with Crippen LogP contribution in [0, 0.1) is 5.92 Å². The van der Waals surface area contributed by atoms with Crippen LogP contribution in [0.25, 0.3) is 0 Å². The Morgan fingerprint density at radius 3 is 3.06 bits per heavy atom. The highest BCUT2D eigenvalue weighted by atomic mass is 35.5. The highest BCUT2D eigenvalue weighted by Crippen LogP contribution is 2.40. The van der Waals surface area contributed by atoms with Gasteiger partial charge in [0, 0.05) is 17.2 Å². The van der Waals surface area contributed by atoms with Crippen molar-refractivity contribution in [3.05, 3.63) is 16.1 Å². The molecule has 0 amide bonds. The summed E-state index contributed by atoms with van der Waals surface area (Å²) in [6, 6.07) is 0. The maximum absolute atomic E-state index is 5.70. The van der Waals surface area contributed by atoms with Crippen LogP contribution in [0.1, 0.15) is 55.6 Å². The molecular weight excluding hydrogens is 238 g/mol. The summed E-state index contributed by atoms with van der Waals surface area (Å²) in [5, 5.41) is 3.60. The van der Waals surface area contributed by atoms with Crippen LogP contribution in [0.5, 0.6) is 0 Å². The van der Waals surface area contributed by atoms with Crippen molar-refractivity contribution in [3.63, 3.8) is 0 Å². The molecule has 16 heavy (non-hydrogen) atoms. The van der Waals surface area contributed by atoms with E-state index >= 15 is 0 Å². The average Bonchev–Trinajstić information content (AvgIpc) is 2.94. The Bertz CT molecular complexity index is 323. The molecular formula is C13H20ClNS. The zero-order valence-electron chi connectivity index (χ0n) is 9.92. The molecule has 90 valence electrons. The predicted octanol–water partition coefficient (Wildman–Crippen LogP) is 4.61. The standard InChI is InChI=1S/C13H20ClNS/c1-2-10-5-6-11(8-10)13-15-12(9-16-13)4-3-7-14/h9-11H,2-8H2,1H3. The van der Waals surface area contributed by atoms with Gasteiger partial charge in [-0.2, -0.15) is 0 Å². The maximum atomic E-state index is 5.70. The van der Waals surface area contributed by atoms with E-state index in [1.165, 1.54) is 36.4 Å². The normalized spacial score (nSPS) is 25.1. The smallest absolute Gasteiger partial charge is 0.0959 e. The molecule has 1 saturated carbocycles. The molecule has 1 heterocycles. The molecule has 0 bridgehead atoms. The van der Waals surface area contributed by atoms with E-state index in [1.807, 2.05) is 11.3 Å². The van der Waals surface area contributed by atoms with E-state index in [4.69, 9.17) is 16.6 Å². The highest BCUT2D eigenvalue weighted by Gasteiger charge is 2.26. The Morgan fingerprint density at radius 1 is 1.50 bits per heavy atom. The minimum atomic E-state index is 0.744. The number of aryl methyl sites for hydroxylation is 1. The fourth-order valence-electron chi connectivity index (χ4n) is 2.54. The molecule has 2 atom stereocenters. The lowest BCUT2D eigenvalue weighted by molar-refractivity contribution is 0.520. The molecule has 2 unspecified atom stereocenters. The summed E-state index contributed by atoms with van der Waals surface area (Å²) in [7, 11) is 0. The van der Waals surface area contributed by atoms with Crippen molar-refractivity contribution in [2.75, 3.05) is 5.88 Å². The van der Waals surface area contributed by atoms with Crippen molar-refractivity contribution in [2.45, 2.75) is 51.4 Å². The summed E-state index contributed by atoms with van der Waals surface area (Å²) in [5.74, 6) is 2.44. The third-order valence-electron chi connectivity index (χ3n) is 3.60. The van der Waals surface area contributed by atoms with Gasteiger partial charge < -0.3 is 0 Å². The quantitative estimate of drug-likeness (QED) is 0.702. The summed E-state index contributed by atoms with van der Waals surface area (Å²) in [4.78, 5) is 4.76. The second-order valence-electron chi connectivity index (χ2n) is 4.75. The van der Waals surface area contributed by atoms with Crippen LogP contribution < -0.4 is 0 Å². The molecule has 0 aliphatic heterocycles. The van der Waals surface area contributed by atoms with Crippen LogP contribution in [-0.2, 0) is 6.42 Å². The van der Waals surface area contributed by atoms with E-state index in [1.54, 1.807) is 0 Å². The van der Waals surface area contributed by atoms with E-state index in [-0.39, 0.29) is 0 Å². The van der Waals surface area contributed by atoms with Crippen molar-refractivity contribution in [1.82, 2.24) is 4.98 Å². The summed E-state index contributed by atoms with van der Waals surface area (Å²) in [6.07, 6.45) is 7.54. The van der Waals surface area contributed by atoms with Crippen LogP contribution >= 0.6 is 22.9 Å². The van der Waals surface area contributed by atoms with Gasteiger partial charge in [-0.25, -0.2) is 4.98 Å². The molecule has 3 heteroatoms. The SMILES string of the molecule is CCC1CCC(c2nc(CCCCl)cs2)C1. The topological polar surface area (TPSA) is 12.9 Å². The number of thiazole rings is 1. The van der Waals surface area contributed by atoms with Crippen molar-refractivity contribution in [3.8, 4) is 0 Å². The number of nitrogens with zero attached hydrogens (tertiary/aromatic N) is 1. The van der Waals surface area contributed by atoms with E-state index < -0.39 is 0 Å². The van der Waals surface area contributed by atoms with Gasteiger partial charge in [0.05, 0.1) is 10.7 Å². The van der Waals surface area contributed by atoms with Gasteiger partial charge in [0.25, 0.3) is 0 Å². The Labute approximate surface area is 107 Å². The predicted molar refractivity (Wildman–Crippen MR) is 71.5 cm³/mol. The van der Waals surface area contributed by atoms with Crippen molar-refractivity contribution in [1.29, 1.82) is 0 Å². The first-order valence-corrected chi connectivity index (χ1v) is 7.75. The minimum absolute atomic E-state index is 0.744. The van der Waals surface area contributed by atoms with Crippen molar-refractivity contribution >= 4 is 22.9 Å². The highest BCUT2D eigenvalue weighted by molar-refractivity contribution is 7.09. The van der Waals surface area contributed by atoms with Gasteiger partial charge in [-0.1, -0.05) is 13.3 Å². The first kappa shape index (κ1) is 12.4. The molecule has 1 aromatic heterocycles. The Balaban J connectivity index is 1.92. The van der Waals surface area contributed by atoms with Gasteiger partial charge in [0.1, 0.15) is 0 Å². The molecule has 1 aromatic rings. The number of alkyl halides is 1. The lowest BCUT2D eigenvalue weighted by Crippen LogP contribution is -1.95. The number of halogens is 1. The Kier molecular flexibility index (Phi) is 4.66. The third-order valence-corrected chi connectivity index (χ3v) is 4.93. The number of hydrogen-bond donors (Lipinski definition) is 0. The van der Waals surface area contributed by atoms with Gasteiger partial charge in [-0.3, -0.25) is 0 Å². The zero-order valence-corrected chi connectivity index (χ0v) is 11.5. The van der Waals surface area contributed by atoms with E-state index in [0.29, 0.717) is 0 Å². The first-order chi connectivity index (χ1) is 7.83. The number of rotatable bonds is 5. The van der Waals surface area contributed by atoms with Gasteiger partial charge in [-0.05, 0) is 38.0 Å². The van der Waals surface area contributed by atoms with Crippen LogP contribution in [0.2, 0.25) is 0 Å². The maximum Gasteiger partial charge on any atom is 0.0959 e. The summed E-state index contributed by atoms with van der Waals surface area (Å²) < 4.78 is 0.